The molecule has 3 amide bonds. The van der Waals surface area contributed by atoms with Crippen LogP contribution < -0.4 is 0 Å². The Morgan fingerprint density at radius 2 is 1.77 bits per heavy atom. The van der Waals surface area contributed by atoms with Crippen LogP contribution in [0, 0.1) is 11.8 Å². The molecule has 5 rings (SSSR count). The Hall–Kier alpha value is -3.50. The van der Waals surface area contributed by atoms with Gasteiger partial charge in [0.25, 0.3) is 0 Å². The molecule has 4 aliphatic heterocycles. The van der Waals surface area contributed by atoms with Crippen LogP contribution in [0.5, 0.6) is 0 Å². The van der Waals surface area contributed by atoms with Crippen molar-refractivity contribution in [2.75, 3.05) is 26.7 Å². The molecule has 47 heavy (non-hydrogen) atoms. The maximum atomic E-state index is 14.8. The van der Waals surface area contributed by atoms with Crippen molar-refractivity contribution in [1.82, 2.24) is 14.7 Å². The number of rotatable bonds is 10. The number of nitrogens with zero attached hydrogens (tertiary/aromatic N) is 3. The first-order valence-electron chi connectivity index (χ1n) is 17.4. The van der Waals surface area contributed by atoms with Gasteiger partial charge in [-0.2, -0.15) is 0 Å². The van der Waals surface area contributed by atoms with E-state index < -0.39 is 47.7 Å². The minimum absolute atomic E-state index is 0.0789. The molecule has 10 heteroatoms. The number of carbonyl (C=O) groups excluding carboxylic acids is 4. The van der Waals surface area contributed by atoms with Gasteiger partial charge in [0, 0.05) is 39.2 Å². The lowest BCUT2D eigenvalue weighted by Gasteiger charge is -2.38. The topological polar surface area (TPSA) is 117 Å². The largest absolute Gasteiger partial charge is 0.455 e. The summed E-state index contributed by atoms with van der Waals surface area (Å²) in [6.45, 7) is 6.77. The van der Waals surface area contributed by atoms with Crippen LogP contribution in [0.2, 0.25) is 0 Å². The lowest BCUT2D eigenvalue weighted by Crippen LogP contribution is -2.57. The second kappa shape index (κ2) is 15.2. The molecule has 2 fully saturated rings. The Balaban J connectivity index is 1.56. The van der Waals surface area contributed by atoms with Gasteiger partial charge >= 0.3 is 5.97 Å². The number of ether oxygens (including phenoxy) is 2. The van der Waals surface area contributed by atoms with Crippen LogP contribution in [0.4, 0.5) is 0 Å². The highest BCUT2D eigenvalue weighted by Gasteiger charge is 2.73. The summed E-state index contributed by atoms with van der Waals surface area (Å²) in [4.78, 5) is 61.9. The van der Waals surface area contributed by atoms with Crippen LogP contribution in [0.3, 0.4) is 0 Å². The Morgan fingerprint density at radius 1 is 1.02 bits per heavy atom. The van der Waals surface area contributed by atoms with Gasteiger partial charge in [-0.15, -0.1) is 0 Å². The second-order valence-electron chi connectivity index (χ2n) is 13.5. The summed E-state index contributed by atoms with van der Waals surface area (Å²) in [5.74, 6) is -2.95. The molecule has 1 aromatic carbocycles. The van der Waals surface area contributed by atoms with Crippen LogP contribution in [0.15, 0.2) is 54.6 Å². The predicted octanol–water partition coefficient (Wildman–Crippen LogP) is 4.19. The summed E-state index contributed by atoms with van der Waals surface area (Å²) in [7, 11) is 1.73. The molecule has 0 aliphatic carbocycles. The smallest absolute Gasteiger partial charge is 0.313 e. The van der Waals surface area contributed by atoms with Gasteiger partial charge in [-0.1, -0.05) is 80.8 Å². The molecular formula is C37H51N3O7. The molecule has 10 nitrogen and oxygen atoms in total. The van der Waals surface area contributed by atoms with Crippen molar-refractivity contribution in [3.8, 4) is 0 Å². The minimum Gasteiger partial charge on any atom is -0.455 e. The first kappa shape index (κ1) is 34.8. The number of allylic oxidation sites excluding steroid dienone is 1. The number of unbranched alkanes of at least 4 members (excludes halogenated alkanes) is 3. The fourth-order valence-electron chi connectivity index (χ4n) is 7.83. The van der Waals surface area contributed by atoms with Crippen LogP contribution in [-0.4, -0.2) is 100 Å². The molecule has 8 atom stereocenters. The van der Waals surface area contributed by atoms with Crippen LogP contribution in [0.25, 0.3) is 0 Å². The van der Waals surface area contributed by atoms with Gasteiger partial charge in [0.1, 0.15) is 23.7 Å². The molecule has 4 aliphatic rings. The van der Waals surface area contributed by atoms with E-state index in [0.29, 0.717) is 32.4 Å². The highest BCUT2D eigenvalue weighted by Crippen LogP contribution is 2.56. The number of amides is 3. The molecule has 0 aromatic heterocycles. The number of cyclic esters (lactones) is 1. The van der Waals surface area contributed by atoms with Gasteiger partial charge in [0.2, 0.25) is 17.7 Å². The fourth-order valence-corrected chi connectivity index (χ4v) is 7.83. The van der Waals surface area contributed by atoms with Gasteiger partial charge in [0.15, 0.2) is 0 Å². The number of esters is 1. The molecule has 1 spiro atoms. The Bertz CT molecular complexity index is 1350. The van der Waals surface area contributed by atoms with E-state index in [1.54, 1.807) is 16.8 Å². The molecule has 0 saturated carbocycles. The van der Waals surface area contributed by atoms with Crippen LogP contribution >= 0.6 is 0 Å². The van der Waals surface area contributed by atoms with Gasteiger partial charge in [-0.3, -0.25) is 19.2 Å². The van der Waals surface area contributed by atoms with Crippen molar-refractivity contribution < 1.29 is 33.8 Å². The summed E-state index contributed by atoms with van der Waals surface area (Å²) < 4.78 is 12.9. The number of likely N-dealkylation sites (tertiary alicyclic amines) is 1. The van der Waals surface area contributed by atoms with Crippen molar-refractivity contribution in [2.24, 2.45) is 11.8 Å². The molecule has 0 radical (unpaired) electrons. The zero-order valence-electron chi connectivity index (χ0n) is 28.3. The van der Waals surface area contributed by atoms with Crippen LogP contribution in [-0.2, 0) is 28.7 Å². The minimum atomic E-state index is -1.28. The number of aliphatic hydroxyl groups excluding tert-OH is 1. The van der Waals surface area contributed by atoms with E-state index in [1.807, 2.05) is 73.4 Å². The zero-order chi connectivity index (χ0) is 33.7. The van der Waals surface area contributed by atoms with Gasteiger partial charge in [-0.25, -0.2) is 0 Å². The standard InChI is InChI=1S/C37H51N3O7/c1-5-16-25(2)39-22-14-9-12-19-29(42)38(4)26(3)32(27-17-10-8-11-18-27)46-36(45)30-28-20-21-37(47-28)31(30)34(43)40(33(37)35(39)44)23-13-6-7-15-24-41/h8-11,14,17-18,20-21,25-26,28,30-33,41H,5-7,12-13,15-16,19,22-24H2,1-4H3/b14-9-/t25?,26-,28+,30-,31-,32+,33+,37-/m0/s1. The van der Waals surface area contributed by atoms with E-state index in [0.717, 1.165) is 31.2 Å². The number of hydrogen-bond acceptors (Lipinski definition) is 7. The summed E-state index contributed by atoms with van der Waals surface area (Å²) in [6.07, 6.45) is 11.5. The third kappa shape index (κ3) is 6.77. The summed E-state index contributed by atoms with van der Waals surface area (Å²) in [5.41, 5.74) is -0.535. The number of aliphatic hydroxyl groups is 1. The maximum absolute atomic E-state index is 14.8. The average molecular weight is 650 g/mol. The summed E-state index contributed by atoms with van der Waals surface area (Å²) in [5, 5.41) is 9.25. The molecule has 2 saturated heterocycles. The second-order valence-corrected chi connectivity index (χ2v) is 13.5. The highest BCUT2D eigenvalue weighted by atomic mass is 16.6. The first-order chi connectivity index (χ1) is 22.7. The van der Waals surface area contributed by atoms with E-state index in [4.69, 9.17) is 9.47 Å². The van der Waals surface area contributed by atoms with Crippen LogP contribution in [0.1, 0.15) is 83.8 Å². The lowest BCUT2D eigenvalue weighted by molar-refractivity contribution is -0.164. The molecular weight excluding hydrogens is 598 g/mol. The molecule has 1 N–H and O–H groups in total. The average Bonchev–Trinajstić information content (AvgIpc) is 3.71. The number of hydrogen-bond donors (Lipinski definition) is 1. The highest BCUT2D eigenvalue weighted by molar-refractivity contribution is 5.99. The Morgan fingerprint density at radius 3 is 2.49 bits per heavy atom. The number of benzene rings is 1. The Labute approximate surface area is 278 Å². The number of carbonyl (C=O) groups is 4. The monoisotopic (exact) mass is 649 g/mol. The maximum Gasteiger partial charge on any atom is 0.313 e. The number of fused-ring (bicyclic) bond motifs is 2. The van der Waals surface area contributed by atoms with E-state index >= 15 is 0 Å². The lowest BCUT2D eigenvalue weighted by atomic mass is 9.74. The normalized spacial score (nSPS) is 32.6. The van der Waals surface area contributed by atoms with Crippen molar-refractivity contribution in [3.05, 3.63) is 60.2 Å². The van der Waals surface area contributed by atoms with Crippen molar-refractivity contribution in [3.63, 3.8) is 0 Å². The third-order valence-electron chi connectivity index (χ3n) is 10.5. The summed E-state index contributed by atoms with van der Waals surface area (Å²) in [6, 6.07) is 7.86. The van der Waals surface area contributed by atoms with Gasteiger partial charge in [-0.05, 0) is 45.1 Å². The zero-order valence-corrected chi connectivity index (χ0v) is 28.3. The number of likely N-dealkylation sites (N-methyl/N-ethyl adjacent to an activating group) is 1. The molecule has 4 heterocycles. The third-order valence-corrected chi connectivity index (χ3v) is 10.5. The van der Waals surface area contributed by atoms with E-state index in [1.165, 1.54) is 0 Å². The van der Waals surface area contributed by atoms with Crippen molar-refractivity contribution >= 4 is 23.7 Å². The van der Waals surface area contributed by atoms with Crippen molar-refractivity contribution in [1.29, 1.82) is 0 Å². The summed E-state index contributed by atoms with van der Waals surface area (Å²) >= 11 is 0. The predicted molar refractivity (Wildman–Crippen MR) is 177 cm³/mol. The molecule has 256 valence electrons. The first-order valence-corrected chi connectivity index (χ1v) is 17.4. The van der Waals surface area contributed by atoms with Gasteiger partial charge in [0.05, 0.1) is 18.1 Å². The SMILES string of the molecule is CCCC(C)N1C/C=C\CCC(=O)N(C)[C@@H](C)[C@H](c2ccccc2)OC(=O)[C@@H]2[C@H]3C(=O)N(CCCCCCO)[C@H](C1=O)[C@]31C=C[C@H]2O1. The molecule has 1 aromatic rings. The molecule has 5 bridgehead atoms. The quantitative estimate of drug-likeness (QED) is 0.230. The fraction of sp³-hybridized carbons (Fsp3) is 0.622. The molecule has 1 unspecified atom stereocenters. The van der Waals surface area contributed by atoms with Gasteiger partial charge < -0.3 is 29.3 Å². The van der Waals surface area contributed by atoms with Crippen molar-refractivity contribution in [2.45, 2.75) is 108 Å². The van der Waals surface area contributed by atoms with E-state index in [9.17, 15) is 24.3 Å². The Kier molecular flexibility index (Phi) is 11.2. The van der Waals surface area contributed by atoms with E-state index in [2.05, 4.69) is 6.92 Å². The van der Waals surface area contributed by atoms with E-state index in [-0.39, 0.29) is 36.8 Å².